The monoisotopic (exact) mass is 382 g/mol. The molecule has 0 N–H and O–H groups in total. The second-order valence-electron chi connectivity index (χ2n) is 7.04. The predicted molar refractivity (Wildman–Crippen MR) is 109 cm³/mol. The zero-order chi connectivity index (χ0) is 18.3. The van der Waals surface area contributed by atoms with Gasteiger partial charge in [-0.1, -0.05) is 26.2 Å². The molecule has 0 aliphatic rings. The van der Waals surface area contributed by atoms with E-state index in [0.29, 0.717) is 0 Å². The van der Waals surface area contributed by atoms with E-state index in [2.05, 4.69) is 38.3 Å². The number of hydrogen-bond acceptors (Lipinski definition) is 4. The van der Waals surface area contributed by atoms with E-state index in [1.54, 1.807) is 12.5 Å². The van der Waals surface area contributed by atoms with Crippen LogP contribution in [0.5, 0.6) is 0 Å². The Morgan fingerprint density at radius 1 is 0.654 bits per heavy atom. The van der Waals surface area contributed by atoms with Crippen molar-refractivity contribution in [3.63, 3.8) is 0 Å². The minimum absolute atomic E-state index is 0.741. The van der Waals surface area contributed by atoms with E-state index < -0.39 is 17.6 Å². The summed E-state index contributed by atoms with van der Waals surface area (Å²) in [6.07, 6.45) is 3.35. The Balaban J connectivity index is 1.87. The Morgan fingerprint density at radius 2 is 1.46 bits per heavy atom. The summed E-state index contributed by atoms with van der Waals surface area (Å²) in [5.41, 5.74) is 1.84. The smallest absolute Gasteiger partial charge is 0.179 e. The van der Waals surface area contributed by atoms with E-state index in [1.165, 1.54) is 0 Å². The van der Waals surface area contributed by atoms with Gasteiger partial charge in [-0.05, 0) is 36.4 Å². The van der Waals surface area contributed by atoms with E-state index in [1.807, 2.05) is 24.3 Å². The molecule has 0 aromatic carbocycles. The Morgan fingerprint density at radius 3 is 2.12 bits per heavy atom. The van der Waals surface area contributed by atoms with E-state index >= 15 is 0 Å². The van der Waals surface area contributed by atoms with Gasteiger partial charge in [0.1, 0.15) is 29.1 Å². The number of hydrogen-bond donors (Lipinski definition) is 0. The number of rotatable bonds is 5. The van der Waals surface area contributed by atoms with E-state index in [4.69, 9.17) is 17.7 Å². The Bertz CT molecular complexity index is 1000. The zero-order valence-electron chi connectivity index (χ0n) is 15.4. The molecule has 0 aliphatic carbocycles. The highest BCUT2D eigenvalue weighted by atomic mass is 28.3. The molecule has 0 atom stereocenters. The first-order valence-corrected chi connectivity index (χ1v) is 14.7. The van der Waals surface area contributed by atoms with Crippen molar-refractivity contribution in [1.29, 1.82) is 0 Å². The van der Waals surface area contributed by atoms with Crippen molar-refractivity contribution in [1.82, 2.24) is 0 Å². The summed E-state index contributed by atoms with van der Waals surface area (Å²) in [5, 5.41) is 2.12. The molecule has 0 unspecified atom stereocenters. The lowest BCUT2D eigenvalue weighted by Crippen LogP contribution is -2.20. The average Bonchev–Trinajstić information content (AvgIpc) is 3.39. The van der Waals surface area contributed by atoms with Crippen LogP contribution in [-0.2, 0) is 0 Å². The fraction of sp³-hybridized carbons (Fsp3) is 0.200. The largest absolute Gasteiger partial charge is 0.464 e. The van der Waals surface area contributed by atoms with Crippen LogP contribution in [0.25, 0.3) is 34.2 Å². The van der Waals surface area contributed by atoms with Gasteiger partial charge in [0.2, 0.25) is 0 Å². The lowest BCUT2D eigenvalue weighted by Gasteiger charge is -2.01. The normalized spacial score (nSPS) is 11.8. The molecule has 0 amide bonds. The molecule has 0 bridgehead atoms. The van der Waals surface area contributed by atoms with Crippen molar-refractivity contribution in [2.75, 3.05) is 0 Å². The number of furan rings is 4. The Hall–Kier alpha value is -2.45. The first-order valence-electron chi connectivity index (χ1n) is 8.90. The van der Waals surface area contributed by atoms with Gasteiger partial charge in [-0.15, -0.1) is 0 Å². The van der Waals surface area contributed by atoms with Crippen LogP contribution in [0, 0.1) is 0 Å². The fourth-order valence-corrected chi connectivity index (χ4v) is 4.67. The second-order valence-corrected chi connectivity index (χ2v) is 12.8. The summed E-state index contributed by atoms with van der Waals surface area (Å²) in [5.74, 6) is 3.03. The molecule has 4 heterocycles. The van der Waals surface area contributed by atoms with Crippen molar-refractivity contribution < 1.29 is 17.7 Å². The van der Waals surface area contributed by atoms with Gasteiger partial charge < -0.3 is 17.7 Å². The van der Waals surface area contributed by atoms with Crippen LogP contribution in [0.2, 0.25) is 26.2 Å². The van der Waals surface area contributed by atoms with Crippen molar-refractivity contribution in [2.45, 2.75) is 26.2 Å². The molecule has 0 radical (unpaired) electrons. The molecule has 4 nitrogen and oxygen atoms in total. The van der Waals surface area contributed by atoms with Gasteiger partial charge in [0, 0.05) is 0 Å². The van der Waals surface area contributed by atoms with Crippen LogP contribution >= 0.6 is 0 Å². The van der Waals surface area contributed by atoms with Crippen molar-refractivity contribution >= 4 is 28.4 Å². The summed E-state index contributed by atoms with van der Waals surface area (Å²) in [6.45, 7) is 8.99. The molecule has 6 heteroatoms. The van der Waals surface area contributed by atoms with Crippen molar-refractivity contribution in [2.24, 2.45) is 0 Å². The van der Waals surface area contributed by atoms with Crippen LogP contribution in [0.4, 0.5) is 0 Å². The van der Waals surface area contributed by atoms with Crippen LogP contribution < -0.4 is 10.8 Å². The lowest BCUT2D eigenvalue weighted by molar-refractivity contribution is 0.549. The minimum atomic E-state index is -1.12. The molecular formula is C20H22O4Si2. The van der Waals surface area contributed by atoms with Crippen LogP contribution in [-0.4, -0.2) is 17.6 Å². The van der Waals surface area contributed by atoms with E-state index in [0.717, 1.165) is 44.9 Å². The van der Waals surface area contributed by atoms with Gasteiger partial charge in [0.05, 0.1) is 34.4 Å². The zero-order valence-corrected chi connectivity index (χ0v) is 17.7. The molecule has 134 valence electrons. The first-order chi connectivity index (χ1) is 12.5. The van der Waals surface area contributed by atoms with Gasteiger partial charge in [0.15, 0.2) is 11.5 Å². The van der Waals surface area contributed by atoms with Crippen molar-refractivity contribution in [3.05, 3.63) is 48.9 Å². The highest BCUT2D eigenvalue weighted by molar-refractivity contribution is 6.70. The van der Waals surface area contributed by atoms with E-state index in [-0.39, 0.29) is 0 Å². The standard InChI is InChI=1S/C20H22O4Si2/c1-25(2)17-8-7-16(23-17)20-14(12-18(24-20)26(3)4)19-13(9-11-22-19)15-6-5-10-21-15/h5-12,25-26H,1-4H3. The Kier molecular flexibility index (Phi) is 4.38. The van der Waals surface area contributed by atoms with Gasteiger partial charge in [-0.2, -0.15) is 0 Å². The quantitative estimate of drug-likeness (QED) is 0.479. The van der Waals surface area contributed by atoms with Crippen LogP contribution in [0.1, 0.15) is 0 Å². The molecule has 4 rings (SSSR count). The highest BCUT2D eigenvalue weighted by Gasteiger charge is 2.25. The summed E-state index contributed by atoms with van der Waals surface area (Å²) in [7, 11) is -2.13. The van der Waals surface area contributed by atoms with Gasteiger partial charge in [-0.25, -0.2) is 0 Å². The van der Waals surface area contributed by atoms with Crippen LogP contribution in [0.15, 0.2) is 66.6 Å². The average molecular weight is 383 g/mol. The van der Waals surface area contributed by atoms with E-state index in [9.17, 15) is 0 Å². The Labute approximate surface area is 155 Å². The third-order valence-electron chi connectivity index (χ3n) is 4.44. The molecule has 0 spiro atoms. The fourth-order valence-electron chi connectivity index (χ4n) is 2.98. The molecule has 0 fully saturated rings. The molecule has 0 saturated heterocycles. The summed E-state index contributed by atoms with van der Waals surface area (Å²) >= 11 is 0. The SMILES string of the molecule is C[SiH](C)c1ccc(-c2oc([SiH](C)C)cc2-c2occc2-c2ccco2)o1. The molecule has 4 aromatic heterocycles. The summed E-state index contributed by atoms with van der Waals surface area (Å²) in [4.78, 5) is 0. The van der Waals surface area contributed by atoms with Gasteiger partial charge >= 0.3 is 0 Å². The first kappa shape index (κ1) is 17.0. The van der Waals surface area contributed by atoms with Gasteiger partial charge in [-0.3, -0.25) is 0 Å². The maximum absolute atomic E-state index is 6.24. The molecule has 26 heavy (non-hydrogen) atoms. The molecular weight excluding hydrogens is 360 g/mol. The van der Waals surface area contributed by atoms with Crippen molar-refractivity contribution in [3.8, 4) is 34.2 Å². The minimum Gasteiger partial charge on any atom is -0.464 e. The third-order valence-corrected chi connectivity index (χ3v) is 7.31. The third kappa shape index (κ3) is 2.95. The molecule has 4 aromatic rings. The maximum atomic E-state index is 6.24. The molecule has 0 saturated carbocycles. The topological polar surface area (TPSA) is 52.6 Å². The second kappa shape index (κ2) is 6.70. The highest BCUT2D eigenvalue weighted by Crippen LogP contribution is 2.39. The molecule has 0 aliphatic heterocycles. The maximum Gasteiger partial charge on any atom is 0.179 e. The van der Waals surface area contributed by atoms with Crippen LogP contribution in [0.3, 0.4) is 0 Å². The summed E-state index contributed by atoms with van der Waals surface area (Å²) in [6, 6.07) is 11.9. The summed E-state index contributed by atoms with van der Waals surface area (Å²) < 4.78 is 23.8. The van der Waals surface area contributed by atoms with Gasteiger partial charge in [0.25, 0.3) is 0 Å². The lowest BCUT2D eigenvalue weighted by atomic mass is 10.1. The predicted octanol–water partition coefficient (Wildman–Crippen LogP) is 4.45.